The van der Waals surface area contributed by atoms with E-state index in [1.54, 1.807) is 5.32 Å². The summed E-state index contributed by atoms with van der Waals surface area (Å²) >= 11 is 0. The van der Waals surface area contributed by atoms with Crippen LogP contribution in [-0.2, 0) is 27.4 Å². The monoisotopic (exact) mass is 440 g/mol. The Morgan fingerprint density at radius 3 is 1.90 bits per heavy atom. The van der Waals surface area contributed by atoms with Crippen molar-refractivity contribution in [3.05, 3.63) is 59.7 Å². The number of amides is 1. The van der Waals surface area contributed by atoms with E-state index < -0.39 is 40.4 Å². The van der Waals surface area contributed by atoms with Crippen LogP contribution in [0.4, 0.5) is 32.0 Å². The fourth-order valence-corrected chi connectivity index (χ4v) is 3.23. The van der Waals surface area contributed by atoms with Gasteiger partial charge in [0.15, 0.2) is 0 Å². The third kappa shape index (κ3) is 6.97. The highest BCUT2D eigenvalue weighted by Crippen LogP contribution is 2.30. The number of anilines is 1. The Hall–Kier alpha value is -2.76. The molecule has 5 nitrogen and oxygen atoms in total. The lowest BCUT2D eigenvalue weighted by molar-refractivity contribution is -0.138. The van der Waals surface area contributed by atoms with Gasteiger partial charge in [0.2, 0.25) is 5.91 Å². The quantitative estimate of drug-likeness (QED) is 0.673. The van der Waals surface area contributed by atoms with Crippen LogP contribution >= 0.6 is 0 Å². The summed E-state index contributed by atoms with van der Waals surface area (Å²) in [5.41, 5.74) is -0.601. The number of sulfonamides is 1. The summed E-state index contributed by atoms with van der Waals surface area (Å²) < 4.78 is 100. The Kier molecular flexibility index (Phi) is 6.46. The van der Waals surface area contributed by atoms with E-state index in [4.69, 9.17) is 0 Å². The topological polar surface area (TPSA) is 75.3 Å². The highest BCUT2D eigenvalue weighted by molar-refractivity contribution is 7.92. The molecule has 0 aliphatic rings. The van der Waals surface area contributed by atoms with Gasteiger partial charge in [-0.05, 0) is 42.0 Å². The fourth-order valence-electron chi connectivity index (χ4n) is 2.17. The first-order chi connectivity index (χ1) is 13.3. The number of hydrogen-bond donors (Lipinski definition) is 2. The van der Waals surface area contributed by atoms with Gasteiger partial charge in [-0.1, -0.05) is 12.1 Å². The standard InChI is InChI=1S/C17H14F6N2O3S/c18-16(19,20)10-24-15(26)9-11-1-5-13(6-2-11)25-29(27,28)14-7-3-12(4-8-14)17(21,22)23/h1-8,25H,9-10H2,(H,24,26). The van der Waals surface area contributed by atoms with E-state index in [1.165, 1.54) is 24.3 Å². The number of alkyl halides is 6. The number of nitrogens with one attached hydrogen (secondary N) is 2. The molecule has 0 aliphatic carbocycles. The summed E-state index contributed by atoms with van der Waals surface area (Å²) in [5.74, 6) is -0.861. The Labute approximate surface area is 161 Å². The second-order valence-electron chi connectivity index (χ2n) is 5.89. The molecule has 0 heterocycles. The third-order valence-electron chi connectivity index (χ3n) is 3.55. The minimum atomic E-state index is -4.60. The smallest absolute Gasteiger partial charge is 0.347 e. The first-order valence-electron chi connectivity index (χ1n) is 7.89. The first-order valence-corrected chi connectivity index (χ1v) is 9.37. The highest BCUT2D eigenvalue weighted by Gasteiger charge is 2.30. The first kappa shape index (κ1) is 22.5. The van der Waals surface area contributed by atoms with E-state index in [9.17, 15) is 39.6 Å². The number of hydrogen-bond acceptors (Lipinski definition) is 3. The van der Waals surface area contributed by atoms with Gasteiger partial charge in [0.1, 0.15) is 6.54 Å². The Balaban J connectivity index is 2.02. The molecule has 0 saturated heterocycles. The number of halogens is 6. The van der Waals surface area contributed by atoms with Crippen molar-refractivity contribution in [2.45, 2.75) is 23.7 Å². The molecule has 0 saturated carbocycles. The molecule has 0 atom stereocenters. The van der Waals surface area contributed by atoms with Gasteiger partial charge in [-0.15, -0.1) is 0 Å². The summed E-state index contributed by atoms with van der Waals surface area (Å²) in [6.45, 7) is -1.46. The van der Waals surface area contributed by atoms with Crippen molar-refractivity contribution in [1.82, 2.24) is 5.32 Å². The lowest BCUT2D eigenvalue weighted by atomic mass is 10.1. The van der Waals surface area contributed by atoms with Gasteiger partial charge in [0.05, 0.1) is 16.9 Å². The molecule has 29 heavy (non-hydrogen) atoms. The zero-order chi connectivity index (χ0) is 21.9. The number of carbonyl (C=O) groups excluding carboxylic acids is 1. The normalized spacial score (nSPS) is 12.5. The number of benzene rings is 2. The van der Waals surface area contributed by atoms with Crippen molar-refractivity contribution in [2.75, 3.05) is 11.3 Å². The third-order valence-corrected chi connectivity index (χ3v) is 4.95. The van der Waals surface area contributed by atoms with Gasteiger partial charge >= 0.3 is 12.4 Å². The molecule has 0 aliphatic heterocycles. The predicted molar refractivity (Wildman–Crippen MR) is 91.5 cm³/mol. The molecule has 2 rings (SSSR count). The Bertz CT molecular complexity index is 953. The van der Waals surface area contributed by atoms with Crippen molar-refractivity contribution in [3.8, 4) is 0 Å². The molecule has 0 aromatic heterocycles. The Morgan fingerprint density at radius 1 is 0.862 bits per heavy atom. The second kappa shape index (κ2) is 8.31. The van der Waals surface area contributed by atoms with Gasteiger partial charge in [-0.2, -0.15) is 26.3 Å². The van der Waals surface area contributed by atoms with Crippen molar-refractivity contribution < 1.29 is 39.6 Å². The molecule has 2 aromatic carbocycles. The highest BCUT2D eigenvalue weighted by atomic mass is 32.2. The van der Waals surface area contributed by atoms with Crippen LogP contribution in [0.15, 0.2) is 53.4 Å². The number of carbonyl (C=O) groups is 1. The lowest BCUT2D eigenvalue weighted by Gasteiger charge is -2.11. The molecule has 0 bridgehead atoms. The Morgan fingerprint density at radius 2 is 1.41 bits per heavy atom. The summed E-state index contributed by atoms with van der Waals surface area (Å²) in [4.78, 5) is 11.1. The second-order valence-corrected chi connectivity index (χ2v) is 7.58. The molecule has 12 heteroatoms. The molecular formula is C17H14F6N2O3S. The van der Waals surface area contributed by atoms with Gasteiger partial charge in [0, 0.05) is 5.69 Å². The van der Waals surface area contributed by atoms with E-state index in [0.717, 1.165) is 12.1 Å². The van der Waals surface area contributed by atoms with Crippen molar-refractivity contribution in [1.29, 1.82) is 0 Å². The van der Waals surface area contributed by atoms with Crippen molar-refractivity contribution in [2.24, 2.45) is 0 Å². The molecule has 2 aromatic rings. The summed E-state index contributed by atoms with van der Waals surface area (Å²) in [6.07, 6.45) is -9.48. The van der Waals surface area contributed by atoms with Gasteiger partial charge < -0.3 is 5.32 Å². The van der Waals surface area contributed by atoms with Gasteiger partial charge in [-0.25, -0.2) is 8.42 Å². The molecule has 1 amide bonds. The van der Waals surface area contributed by atoms with E-state index in [1.807, 2.05) is 0 Å². The summed E-state index contributed by atoms with van der Waals surface area (Å²) in [7, 11) is -4.16. The van der Waals surface area contributed by atoms with Gasteiger partial charge in [0.25, 0.3) is 10.0 Å². The SMILES string of the molecule is O=C(Cc1ccc(NS(=O)(=O)c2ccc(C(F)(F)F)cc2)cc1)NCC(F)(F)F. The summed E-state index contributed by atoms with van der Waals surface area (Å²) in [6, 6.07) is 8.10. The minimum absolute atomic E-state index is 0.0596. The number of rotatable bonds is 6. The van der Waals surface area contributed by atoms with Crippen LogP contribution in [0.2, 0.25) is 0 Å². The molecule has 0 radical (unpaired) electrons. The van der Waals surface area contributed by atoms with Crippen LogP contribution in [0, 0.1) is 0 Å². The largest absolute Gasteiger partial charge is 0.416 e. The van der Waals surface area contributed by atoms with E-state index >= 15 is 0 Å². The zero-order valence-electron chi connectivity index (χ0n) is 14.4. The van der Waals surface area contributed by atoms with Crippen LogP contribution in [0.25, 0.3) is 0 Å². The molecular weight excluding hydrogens is 426 g/mol. The van der Waals surface area contributed by atoms with Crippen LogP contribution < -0.4 is 10.0 Å². The minimum Gasteiger partial charge on any atom is -0.347 e. The van der Waals surface area contributed by atoms with Crippen LogP contribution in [0.1, 0.15) is 11.1 Å². The maximum atomic E-state index is 12.5. The maximum absolute atomic E-state index is 12.5. The molecule has 0 spiro atoms. The fraction of sp³-hybridized carbons (Fsp3) is 0.235. The zero-order valence-corrected chi connectivity index (χ0v) is 15.3. The van der Waals surface area contributed by atoms with Crippen molar-refractivity contribution >= 4 is 21.6 Å². The average Bonchev–Trinajstić information content (AvgIpc) is 2.60. The molecule has 0 fully saturated rings. The molecule has 0 unspecified atom stereocenters. The van der Waals surface area contributed by atoms with Crippen LogP contribution in [0.5, 0.6) is 0 Å². The summed E-state index contributed by atoms with van der Waals surface area (Å²) in [5, 5.41) is 1.71. The maximum Gasteiger partial charge on any atom is 0.416 e. The average molecular weight is 440 g/mol. The van der Waals surface area contributed by atoms with Gasteiger partial charge in [-0.3, -0.25) is 9.52 Å². The van der Waals surface area contributed by atoms with Crippen LogP contribution in [-0.4, -0.2) is 27.0 Å². The van der Waals surface area contributed by atoms with Crippen molar-refractivity contribution in [3.63, 3.8) is 0 Å². The van der Waals surface area contributed by atoms with E-state index in [0.29, 0.717) is 17.7 Å². The lowest BCUT2D eigenvalue weighted by Crippen LogP contribution is -2.34. The molecule has 158 valence electrons. The van der Waals surface area contributed by atoms with E-state index in [-0.39, 0.29) is 17.0 Å². The molecule has 2 N–H and O–H groups in total. The predicted octanol–water partition coefficient (Wildman–Crippen LogP) is 3.73. The van der Waals surface area contributed by atoms with Crippen LogP contribution in [0.3, 0.4) is 0 Å². The van der Waals surface area contributed by atoms with E-state index in [2.05, 4.69) is 4.72 Å².